The summed E-state index contributed by atoms with van der Waals surface area (Å²) in [5.74, 6) is 0.586. The Morgan fingerprint density at radius 3 is 2.54 bits per heavy atom. The minimum Gasteiger partial charge on any atom is -0.710 e. The highest BCUT2D eigenvalue weighted by atomic mass is 16.5. The van der Waals surface area contributed by atoms with Gasteiger partial charge in [-0.1, -0.05) is 48.5 Å². The summed E-state index contributed by atoms with van der Waals surface area (Å²) in [6, 6.07) is 22.6. The molecule has 1 aliphatic heterocycles. The lowest BCUT2D eigenvalue weighted by Crippen LogP contribution is -2.30. The molecule has 0 saturated heterocycles. The summed E-state index contributed by atoms with van der Waals surface area (Å²) in [4.78, 5) is 12.7. The van der Waals surface area contributed by atoms with Crippen molar-refractivity contribution in [1.82, 2.24) is 4.57 Å². The van der Waals surface area contributed by atoms with E-state index >= 15 is 0 Å². The lowest BCUT2D eigenvalue weighted by Gasteiger charge is -2.15. The van der Waals surface area contributed by atoms with Crippen molar-refractivity contribution in [2.75, 3.05) is 0 Å². The van der Waals surface area contributed by atoms with Crippen LogP contribution in [0.1, 0.15) is 21.5 Å². The van der Waals surface area contributed by atoms with E-state index in [9.17, 15) is 10.0 Å². The number of hydrogen-bond donors (Lipinski definition) is 0. The van der Waals surface area contributed by atoms with Gasteiger partial charge in [0, 0.05) is 23.6 Å². The Morgan fingerprint density at radius 1 is 0.923 bits per heavy atom. The third kappa shape index (κ3) is 2.09. The van der Waals surface area contributed by atoms with Crippen molar-refractivity contribution in [3.63, 3.8) is 0 Å². The highest BCUT2D eigenvalue weighted by Gasteiger charge is 2.29. The van der Waals surface area contributed by atoms with E-state index in [2.05, 4.69) is 10.6 Å². The van der Waals surface area contributed by atoms with Gasteiger partial charge in [0.25, 0.3) is 5.82 Å². The number of benzene rings is 3. The van der Waals surface area contributed by atoms with Gasteiger partial charge in [0.2, 0.25) is 0 Å². The van der Waals surface area contributed by atoms with Crippen LogP contribution in [0.3, 0.4) is 0 Å². The third-order valence-electron chi connectivity index (χ3n) is 5.09. The van der Waals surface area contributed by atoms with E-state index in [1.807, 2.05) is 48.5 Å². The molecule has 4 aromatic rings. The summed E-state index contributed by atoms with van der Waals surface area (Å²) in [5, 5.41) is 13.0. The number of ketones is 1. The van der Waals surface area contributed by atoms with Crippen LogP contribution in [0.5, 0.6) is 0 Å². The molecule has 0 radical (unpaired) electrons. The minimum absolute atomic E-state index is 0.0722. The average Bonchev–Trinajstić information content (AvgIpc) is 3.00. The largest absolute Gasteiger partial charge is 0.710 e. The Labute approximate surface area is 150 Å². The maximum Gasteiger partial charge on any atom is 0.293 e. The average molecular weight is 340 g/mol. The second-order valence-corrected chi connectivity index (χ2v) is 6.58. The molecule has 3 aromatic carbocycles. The van der Waals surface area contributed by atoms with Crippen LogP contribution in [-0.4, -0.2) is 10.4 Å². The summed E-state index contributed by atoms with van der Waals surface area (Å²) < 4.78 is 3.02. The molecule has 4 nitrogen and oxygen atoms in total. The molecule has 2 heterocycles. The highest BCUT2D eigenvalue weighted by Crippen LogP contribution is 2.31. The molecule has 5 rings (SSSR count). The molecule has 26 heavy (non-hydrogen) atoms. The van der Waals surface area contributed by atoms with Gasteiger partial charge in [-0.2, -0.15) is 0 Å². The van der Waals surface area contributed by atoms with Crippen molar-refractivity contribution < 1.29 is 9.52 Å². The summed E-state index contributed by atoms with van der Waals surface area (Å²) in [6.45, 7) is 0.768. The SMILES string of the molecule is O=C(c1ccccc1)c1ccc2c(c1)[n+]([O-])c1n2CCc2ccccc2-1. The van der Waals surface area contributed by atoms with Crippen molar-refractivity contribution >= 4 is 16.8 Å². The molecule has 4 heteroatoms. The fourth-order valence-electron chi connectivity index (χ4n) is 3.82. The molecule has 0 spiro atoms. The van der Waals surface area contributed by atoms with Gasteiger partial charge in [-0.05, 0) is 23.8 Å². The lowest BCUT2D eigenvalue weighted by atomic mass is 10.0. The van der Waals surface area contributed by atoms with Crippen molar-refractivity contribution in [2.45, 2.75) is 13.0 Å². The topological polar surface area (TPSA) is 48.9 Å². The molecule has 0 unspecified atom stereocenters. The van der Waals surface area contributed by atoms with Crippen LogP contribution >= 0.6 is 0 Å². The Bertz CT molecular complexity index is 1160. The van der Waals surface area contributed by atoms with Crippen molar-refractivity contribution in [1.29, 1.82) is 0 Å². The van der Waals surface area contributed by atoms with Gasteiger partial charge in [0.05, 0.1) is 12.1 Å². The fraction of sp³-hybridized carbons (Fsp3) is 0.0909. The Morgan fingerprint density at radius 2 is 1.69 bits per heavy atom. The predicted octanol–water partition coefficient (Wildman–Crippen LogP) is 3.73. The zero-order chi connectivity index (χ0) is 17.7. The maximum atomic E-state index is 13.0. The molecule has 0 bridgehead atoms. The number of carbonyl (C=O) groups is 1. The molecule has 0 saturated carbocycles. The van der Waals surface area contributed by atoms with E-state index < -0.39 is 0 Å². The standard InChI is InChI=1S/C22H16N2O2/c25-21(16-7-2-1-3-8-16)17-10-11-19-20(14-17)24(26)22-18-9-5-4-6-15(18)12-13-23(19)22/h1-11,14H,12-13H2. The molecule has 0 aliphatic carbocycles. The van der Waals surface area contributed by atoms with Crippen LogP contribution in [-0.2, 0) is 13.0 Å². The van der Waals surface area contributed by atoms with Crippen LogP contribution in [0.2, 0.25) is 0 Å². The lowest BCUT2D eigenvalue weighted by molar-refractivity contribution is -0.565. The highest BCUT2D eigenvalue weighted by molar-refractivity contribution is 6.10. The monoisotopic (exact) mass is 340 g/mol. The Balaban J connectivity index is 1.70. The van der Waals surface area contributed by atoms with E-state index in [1.165, 1.54) is 5.56 Å². The number of rotatable bonds is 2. The first-order chi connectivity index (χ1) is 12.7. The van der Waals surface area contributed by atoms with Gasteiger partial charge in [0.1, 0.15) is 0 Å². The van der Waals surface area contributed by atoms with Crippen molar-refractivity contribution in [3.8, 4) is 11.4 Å². The number of imidazole rings is 1. The normalized spacial score (nSPS) is 12.6. The molecule has 1 aromatic heterocycles. The molecule has 0 atom stereocenters. The van der Waals surface area contributed by atoms with E-state index in [4.69, 9.17) is 0 Å². The molecule has 0 amide bonds. The van der Waals surface area contributed by atoms with E-state index in [-0.39, 0.29) is 5.78 Å². The van der Waals surface area contributed by atoms with Gasteiger partial charge in [-0.15, -0.1) is 0 Å². The van der Waals surface area contributed by atoms with E-state index in [0.29, 0.717) is 22.5 Å². The molecule has 1 aliphatic rings. The number of aromatic nitrogens is 2. The van der Waals surface area contributed by atoms with Crippen LogP contribution in [0.25, 0.3) is 22.4 Å². The first-order valence-electron chi connectivity index (χ1n) is 8.68. The van der Waals surface area contributed by atoms with Crippen molar-refractivity contribution in [3.05, 3.63) is 94.7 Å². The molecule has 126 valence electrons. The zero-order valence-electron chi connectivity index (χ0n) is 14.1. The van der Waals surface area contributed by atoms with Gasteiger partial charge >= 0.3 is 0 Å². The Hall–Kier alpha value is -3.40. The summed E-state index contributed by atoms with van der Waals surface area (Å²) in [5.41, 5.74) is 4.73. The molecule has 0 N–H and O–H groups in total. The second-order valence-electron chi connectivity index (χ2n) is 6.58. The van der Waals surface area contributed by atoms with E-state index in [1.54, 1.807) is 18.2 Å². The number of nitrogens with zero attached hydrogens (tertiary/aromatic N) is 2. The maximum absolute atomic E-state index is 13.0. The Kier molecular flexibility index (Phi) is 3.19. The van der Waals surface area contributed by atoms with Gasteiger partial charge < -0.3 is 5.21 Å². The minimum atomic E-state index is -0.0722. The first kappa shape index (κ1) is 14.9. The predicted molar refractivity (Wildman–Crippen MR) is 99.9 cm³/mol. The van der Waals surface area contributed by atoms with Crippen LogP contribution in [0, 0.1) is 5.21 Å². The van der Waals surface area contributed by atoms with Crippen LogP contribution in [0.15, 0.2) is 72.8 Å². The summed E-state index contributed by atoms with van der Waals surface area (Å²) in [6.07, 6.45) is 0.900. The number of aryl methyl sites for hydroxylation is 2. The number of carbonyl (C=O) groups excluding carboxylic acids is 1. The number of hydrogen-bond acceptors (Lipinski definition) is 2. The fourth-order valence-corrected chi connectivity index (χ4v) is 3.82. The second kappa shape index (κ2) is 5.56. The number of fused-ring (bicyclic) bond motifs is 5. The molecule has 0 fully saturated rings. The van der Waals surface area contributed by atoms with Crippen LogP contribution < -0.4 is 4.73 Å². The van der Waals surface area contributed by atoms with E-state index in [0.717, 1.165) is 28.8 Å². The zero-order valence-corrected chi connectivity index (χ0v) is 14.1. The molecular formula is C22H16N2O2. The van der Waals surface area contributed by atoms with Crippen molar-refractivity contribution in [2.24, 2.45) is 0 Å². The smallest absolute Gasteiger partial charge is 0.293 e. The summed E-state index contributed by atoms with van der Waals surface area (Å²) in [7, 11) is 0. The first-order valence-corrected chi connectivity index (χ1v) is 8.68. The third-order valence-corrected chi connectivity index (χ3v) is 5.09. The quantitative estimate of drug-likeness (QED) is 0.317. The van der Waals surface area contributed by atoms with Gasteiger partial charge in [0.15, 0.2) is 16.8 Å². The van der Waals surface area contributed by atoms with Gasteiger partial charge in [-0.3, -0.25) is 4.79 Å². The van der Waals surface area contributed by atoms with Crippen LogP contribution in [0.4, 0.5) is 0 Å². The molecular weight excluding hydrogens is 324 g/mol. The van der Waals surface area contributed by atoms with Gasteiger partial charge in [-0.25, -0.2) is 9.30 Å². The summed E-state index contributed by atoms with van der Waals surface area (Å²) >= 11 is 0.